The summed E-state index contributed by atoms with van der Waals surface area (Å²) in [6.07, 6.45) is 1.53. The normalized spacial score (nSPS) is 13.6. The van der Waals surface area contributed by atoms with Crippen molar-refractivity contribution in [1.82, 2.24) is 13.9 Å². The Bertz CT molecular complexity index is 891. The first kappa shape index (κ1) is 16.5. The molecule has 3 rings (SSSR count). The van der Waals surface area contributed by atoms with Gasteiger partial charge in [-0.2, -0.15) is 0 Å². The summed E-state index contributed by atoms with van der Waals surface area (Å²) in [5.74, 6) is -1.61. The number of fused-ring (bicyclic) bond motifs is 1. The summed E-state index contributed by atoms with van der Waals surface area (Å²) in [5.41, 5.74) is -1.70. The van der Waals surface area contributed by atoms with Crippen molar-refractivity contribution in [2.24, 2.45) is 0 Å². The van der Waals surface area contributed by atoms with Crippen molar-refractivity contribution in [3.05, 3.63) is 49.5 Å². The number of rotatable bonds is 3. The van der Waals surface area contributed by atoms with Gasteiger partial charge in [-0.1, -0.05) is 11.6 Å². The molecule has 2 aromatic rings. The summed E-state index contributed by atoms with van der Waals surface area (Å²) in [6.45, 7) is 2.52. The van der Waals surface area contributed by atoms with Gasteiger partial charge in [-0.05, 0) is 31.9 Å². The van der Waals surface area contributed by atoms with E-state index in [4.69, 9.17) is 16.3 Å². The Kier molecular flexibility index (Phi) is 4.31. The van der Waals surface area contributed by atoms with Gasteiger partial charge in [0.2, 0.25) is 0 Å². The number of aromatic nitrogens is 3. The zero-order valence-electron chi connectivity index (χ0n) is 12.9. The van der Waals surface area contributed by atoms with E-state index in [0.29, 0.717) is 13.1 Å². The Hall–Kier alpha value is -2.35. The molecule has 1 aliphatic heterocycles. The lowest BCUT2D eigenvalue weighted by molar-refractivity contribution is 0.0526. The van der Waals surface area contributed by atoms with Gasteiger partial charge in [0.1, 0.15) is 5.82 Å². The first-order valence-electron chi connectivity index (χ1n) is 7.55. The predicted octanol–water partition coefficient (Wildman–Crippen LogP) is 1.56. The third-order valence-electron chi connectivity index (χ3n) is 3.88. The molecule has 0 saturated carbocycles. The Labute approximate surface area is 140 Å². The molecule has 1 aliphatic rings. The molecule has 1 aromatic heterocycles. The van der Waals surface area contributed by atoms with Crippen LogP contribution >= 0.6 is 11.6 Å². The van der Waals surface area contributed by atoms with Crippen LogP contribution in [-0.2, 0) is 17.8 Å². The van der Waals surface area contributed by atoms with E-state index in [1.807, 2.05) is 0 Å². The highest BCUT2D eigenvalue weighted by Crippen LogP contribution is 2.23. The third-order valence-corrected chi connectivity index (χ3v) is 4.19. The summed E-state index contributed by atoms with van der Waals surface area (Å²) in [7, 11) is 0. The lowest BCUT2D eigenvalue weighted by Gasteiger charge is -2.13. The van der Waals surface area contributed by atoms with E-state index in [-0.39, 0.29) is 22.9 Å². The van der Waals surface area contributed by atoms with Crippen molar-refractivity contribution in [2.45, 2.75) is 32.9 Å². The fourth-order valence-corrected chi connectivity index (χ4v) is 2.98. The summed E-state index contributed by atoms with van der Waals surface area (Å²) in [6, 6.07) is 1.97. The van der Waals surface area contributed by atoms with Crippen LogP contribution in [-0.4, -0.2) is 26.5 Å². The zero-order valence-corrected chi connectivity index (χ0v) is 13.7. The molecule has 0 saturated heterocycles. The zero-order chi connectivity index (χ0) is 17.4. The van der Waals surface area contributed by atoms with Crippen LogP contribution in [0.1, 0.15) is 30.1 Å². The molecule has 0 aliphatic carbocycles. The first-order chi connectivity index (χ1) is 11.5. The van der Waals surface area contributed by atoms with Crippen LogP contribution < -0.4 is 11.4 Å². The molecule has 0 bridgehead atoms. The van der Waals surface area contributed by atoms with Gasteiger partial charge in [0.25, 0.3) is 0 Å². The highest BCUT2D eigenvalue weighted by Gasteiger charge is 2.24. The molecule has 0 radical (unpaired) electrons. The van der Waals surface area contributed by atoms with E-state index in [1.165, 1.54) is 9.36 Å². The van der Waals surface area contributed by atoms with Crippen LogP contribution in [0.3, 0.4) is 0 Å². The second-order valence-corrected chi connectivity index (χ2v) is 5.77. The molecular formula is C15H15ClFN3O4. The fourth-order valence-electron chi connectivity index (χ4n) is 2.76. The maximum atomic E-state index is 14.3. The molecule has 24 heavy (non-hydrogen) atoms. The van der Waals surface area contributed by atoms with E-state index in [1.54, 1.807) is 6.92 Å². The summed E-state index contributed by atoms with van der Waals surface area (Å²) >= 11 is 5.88. The van der Waals surface area contributed by atoms with Gasteiger partial charge < -0.3 is 4.74 Å². The average Bonchev–Trinajstić information content (AvgIpc) is 2.80. The van der Waals surface area contributed by atoms with Gasteiger partial charge in [0, 0.05) is 13.1 Å². The number of carbonyl (C=O) groups is 1. The van der Waals surface area contributed by atoms with E-state index in [9.17, 15) is 18.8 Å². The van der Waals surface area contributed by atoms with Crippen molar-refractivity contribution < 1.29 is 13.9 Å². The van der Waals surface area contributed by atoms with Crippen molar-refractivity contribution in [3.63, 3.8) is 0 Å². The Morgan fingerprint density at radius 3 is 2.33 bits per heavy atom. The molecule has 0 unspecified atom stereocenters. The smallest absolute Gasteiger partial charge is 0.351 e. The first-order valence-corrected chi connectivity index (χ1v) is 7.92. The number of esters is 1. The summed E-state index contributed by atoms with van der Waals surface area (Å²) in [5, 5.41) is -0.146. The van der Waals surface area contributed by atoms with Gasteiger partial charge >= 0.3 is 17.3 Å². The van der Waals surface area contributed by atoms with Crippen LogP contribution in [0.4, 0.5) is 4.39 Å². The van der Waals surface area contributed by atoms with Crippen molar-refractivity contribution >= 4 is 17.6 Å². The predicted molar refractivity (Wildman–Crippen MR) is 84.4 cm³/mol. The SMILES string of the molecule is CCOC(=O)c1cc(-n2c(=O)n3n(c2=O)CCCC3)c(F)cc1Cl. The second kappa shape index (κ2) is 6.27. The van der Waals surface area contributed by atoms with Crippen LogP contribution in [0.15, 0.2) is 21.7 Å². The molecule has 0 N–H and O–H groups in total. The standard InChI is InChI=1S/C15H15ClFN3O4/c1-2-24-13(21)9-7-12(11(17)8-10(9)16)20-14(22)18-5-3-4-6-19(18)15(20)23/h7-8H,2-6H2,1H3. The molecule has 9 heteroatoms. The summed E-state index contributed by atoms with van der Waals surface area (Å²) < 4.78 is 22.5. The topological polar surface area (TPSA) is 75.2 Å². The van der Waals surface area contributed by atoms with Crippen LogP contribution in [0, 0.1) is 5.82 Å². The van der Waals surface area contributed by atoms with E-state index >= 15 is 0 Å². The molecule has 7 nitrogen and oxygen atoms in total. The number of ether oxygens (including phenoxy) is 1. The lowest BCUT2D eigenvalue weighted by Crippen LogP contribution is -2.30. The Morgan fingerprint density at radius 2 is 1.79 bits per heavy atom. The minimum absolute atomic E-state index is 0.101. The second-order valence-electron chi connectivity index (χ2n) is 5.36. The van der Waals surface area contributed by atoms with E-state index < -0.39 is 23.2 Å². The number of carbonyl (C=O) groups excluding carboxylic acids is 1. The molecule has 0 atom stereocenters. The van der Waals surface area contributed by atoms with Crippen LogP contribution in [0.2, 0.25) is 5.02 Å². The minimum atomic E-state index is -0.865. The molecule has 128 valence electrons. The Balaban J connectivity index is 2.22. The van der Waals surface area contributed by atoms with Gasteiger partial charge in [0.15, 0.2) is 0 Å². The number of benzene rings is 1. The number of hydrogen-bond acceptors (Lipinski definition) is 4. The fraction of sp³-hybridized carbons (Fsp3) is 0.400. The largest absolute Gasteiger partial charge is 0.462 e. The van der Waals surface area contributed by atoms with Gasteiger partial charge in [-0.3, -0.25) is 0 Å². The van der Waals surface area contributed by atoms with Crippen molar-refractivity contribution in [2.75, 3.05) is 6.61 Å². The maximum Gasteiger partial charge on any atom is 0.351 e. The molecule has 1 aromatic carbocycles. The Morgan fingerprint density at radius 1 is 1.21 bits per heavy atom. The molecular weight excluding hydrogens is 341 g/mol. The number of nitrogens with zero attached hydrogens (tertiary/aromatic N) is 3. The monoisotopic (exact) mass is 355 g/mol. The molecule has 0 amide bonds. The lowest BCUT2D eigenvalue weighted by atomic mass is 10.2. The van der Waals surface area contributed by atoms with Crippen LogP contribution in [0.25, 0.3) is 5.69 Å². The van der Waals surface area contributed by atoms with Gasteiger partial charge in [0.05, 0.1) is 22.9 Å². The van der Waals surface area contributed by atoms with Gasteiger partial charge in [-0.15, -0.1) is 0 Å². The highest BCUT2D eigenvalue weighted by molar-refractivity contribution is 6.33. The highest BCUT2D eigenvalue weighted by atomic mass is 35.5. The minimum Gasteiger partial charge on any atom is -0.462 e. The molecule has 0 spiro atoms. The quantitative estimate of drug-likeness (QED) is 0.783. The number of hydrogen-bond donors (Lipinski definition) is 0. The third kappa shape index (κ3) is 2.56. The number of halogens is 2. The maximum absolute atomic E-state index is 14.3. The van der Waals surface area contributed by atoms with E-state index in [0.717, 1.165) is 29.5 Å². The average molecular weight is 356 g/mol. The van der Waals surface area contributed by atoms with Crippen molar-refractivity contribution in [3.8, 4) is 5.69 Å². The van der Waals surface area contributed by atoms with Crippen molar-refractivity contribution in [1.29, 1.82) is 0 Å². The molecule has 2 heterocycles. The van der Waals surface area contributed by atoms with E-state index in [2.05, 4.69) is 0 Å². The van der Waals surface area contributed by atoms with Gasteiger partial charge in [-0.25, -0.2) is 32.7 Å². The summed E-state index contributed by atoms with van der Waals surface area (Å²) in [4.78, 5) is 36.9. The molecule has 0 fully saturated rings. The van der Waals surface area contributed by atoms with Crippen LogP contribution in [0.5, 0.6) is 0 Å².